The van der Waals surface area contributed by atoms with E-state index in [1.54, 1.807) is 24.3 Å². The lowest BCUT2D eigenvalue weighted by molar-refractivity contribution is 0.259. The van der Waals surface area contributed by atoms with Crippen molar-refractivity contribution in [1.82, 2.24) is 24.7 Å². The average Bonchev–Trinajstić information content (AvgIpc) is 3.12. The number of carbonyl (C=O) groups is 1. The third kappa shape index (κ3) is 3.38. The van der Waals surface area contributed by atoms with Gasteiger partial charge in [0.05, 0.1) is 5.69 Å². The molecule has 0 fully saturated rings. The first-order valence-corrected chi connectivity index (χ1v) is 7.60. The van der Waals surface area contributed by atoms with Crippen molar-refractivity contribution in [3.05, 3.63) is 63.4 Å². The van der Waals surface area contributed by atoms with Crippen LogP contribution in [0.25, 0.3) is 5.69 Å². The van der Waals surface area contributed by atoms with Crippen LogP contribution in [-0.2, 0) is 0 Å². The largest absolute Gasteiger partial charge is 0.339 e. The van der Waals surface area contributed by atoms with Crippen LogP contribution in [0.3, 0.4) is 0 Å². The van der Waals surface area contributed by atoms with Crippen molar-refractivity contribution in [2.75, 3.05) is 10.7 Å². The minimum atomic E-state index is -0.648. The number of carbonyl (C=O) groups excluding carboxylic acids is 1. The third-order valence-corrected chi connectivity index (χ3v) is 3.65. The van der Waals surface area contributed by atoms with Crippen LogP contribution in [0, 0.1) is 18.3 Å². The van der Waals surface area contributed by atoms with Gasteiger partial charge in [0.2, 0.25) is 0 Å². The van der Waals surface area contributed by atoms with Crippen LogP contribution in [-0.4, -0.2) is 30.7 Å². The number of halogens is 1. The number of hydrogen-bond donors (Lipinski definition) is 2. The summed E-state index contributed by atoms with van der Waals surface area (Å²) in [6.45, 7) is 1.52. The number of amides is 2. The predicted molar refractivity (Wildman–Crippen MR) is 92.7 cm³/mol. The molecule has 3 aromatic rings. The molecule has 1 aromatic carbocycles. The monoisotopic (exact) mass is 370 g/mol. The van der Waals surface area contributed by atoms with Gasteiger partial charge in [-0.2, -0.15) is 9.94 Å². The van der Waals surface area contributed by atoms with E-state index < -0.39 is 11.6 Å². The lowest BCUT2D eigenvalue weighted by Crippen LogP contribution is -2.31. The smallest absolute Gasteiger partial charge is 0.289 e. The lowest BCUT2D eigenvalue weighted by Gasteiger charge is -2.13. The molecule has 2 amide bonds. The molecule has 2 heterocycles. The highest BCUT2D eigenvalue weighted by Crippen LogP contribution is 2.16. The van der Waals surface area contributed by atoms with Crippen LogP contribution in [0.4, 0.5) is 10.6 Å². The fraction of sp³-hybridized carbons (Fsp3) is 0.0667. The molecule has 10 nitrogen and oxygen atoms in total. The Balaban J connectivity index is 2.01. The van der Waals surface area contributed by atoms with E-state index in [9.17, 15) is 14.9 Å². The Labute approximate surface area is 151 Å². The molecule has 2 N–H and O–H groups in total. The maximum absolute atomic E-state index is 12.5. The summed E-state index contributed by atoms with van der Waals surface area (Å²) in [6, 6.07) is 7.53. The van der Waals surface area contributed by atoms with Crippen LogP contribution in [0.15, 0.2) is 41.7 Å². The molecular formula is C15H11ClN8O2. The van der Waals surface area contributed by atoms with Gasteiger partial charge in [-0.1, -0.05) is 11.6 Å². The maximum atomic E-state index is 12.5. The number of rotatable bonds is 3. The van der Waals surface area contributed by atoms with Gasteiger partial charge in [-0.05, 0) is 31.2 Å². The quantitative estimate of drug-likeness (QED) is 0.717. The van der Waals surface area contributed by atoms with Crippen molar-refractivity contribution >= 4 is 23.4 Å². The molecule has 11 heteroatoms. The van der Waals surface area contributed by atoms with Crippen molar-refractivity contribution in [3.8, 4) is 11.8 Å². The Bertz CT molecular complexity index is 1050. The third-order valence-electron chi connectivity index (χ3n) is 3.40. The highest BCUT2D eigenvalue weighted by Gasteiger charge is 2.17. The fourth-order valence-corrected chi connectivity index (χ4v) is 2.25. The number of urea groups is 1. The molecule has 0 unspecified atom stereocenters. The number of nitrogens with zero attached hydrogens (tertiary/aromatic N) is 6. The first kappa shape index (κ1) is 17.1. The second-order valence-electron chi connectivity index (χ2n) is 5.09. The van der Waals surface area contributed by atoms with Crippen molar-refractivity contribution in [2.24, 2.45) is 0 Å². The van der Waals surface area contributed by atoms with E-state index in [0.717, 1.165) is 4.68 Å². The molecule has 0 spiro atoms. The van der Waals surface area contributed by atoms with E-state index in [-0.39, 0.29) is 16.9 Å². The topological polar surface area (TPSA) is 131 Å². The minimum Gasteiger partial charge on any atom is -0.289 e. The number of nitriles is 1. The Hall–Kier alpha value is -3.71. The van der Waals surface area contributed by atoms with Gasteiger partial charge in [-0.15, -0.1) is 15.3 Å². The zero-order chi connectivity index (χ0) is 18.7. The average molecular weight is 371 g/mol. The van der Waals surface area contributed by atoms with Crippen molar-refractivity contribution in [3.63, 3.8) is 0 Å². The van der Waals surface area contributed by atoms with Gasteiger partial charge in [-0.25, -0.2) is 14.9 Å². The number of anilines is 1. The van der Waals surface area contributed by atoms with Gasteiger partial charge in [0.25, 0.3) is 5.56 Å². The van der Waals surface area contributed by atoms with Gasteiger partial charge in [-0.3, -0.25) is 10.1 Å². The molecular weight excluding hydrogens is 360 g/mol. The SMILES string of the molecule is Cc1c(NC(=O)Nn2cnnc2)nn(-c2ccc(Cl)cc2)c(=O)c1C#N. The van der Waals surface area contributed by atoms with E-state index in [2.05, 4.69) is 26.0 Å². The minimum absolute atomic E-state index is 0.0571. The zero-order valence-corrected chi connectivity index (χ0v) is 14.1. The summed E-state index contributed by atoms with van der Waals surface area (Å²) in [7, 11) is 0. The lowest BCUT2D eigenvalue weighted by atomic mass is 10.2. The Morgan fingerprint density at radius 1 is 1.23 bits per heavy atom. The van der Waals surface area contributed by atoms with Crippen LogP contribution in [0.5, 0.6) is 0 Å². The number of aromatic nitrogens is 5. The summed E-state index contributed by atoms with van der Waals surface area (Å²) in [5.41, 5.74) is 2.35. The highest BCUT2D eigenvalue weighted by atomic mass is 35.5. The normalized spacial score (nSPS) is 10.2. The summed E-state index contributed by atoms with van der Waals surface area (Å²) < 4.78 is 2.25. The molecule has 0 bridgehead atoms. The molecule has 0 atom stereocenters. The summed E-state index contributed by atoms with van der Waals surface area (Å²) in [5, 5.41) is 23.6. The maximum Gasteiger partial charge on any atom is 0.339 e. The van der Waals surface area contributed by atoms with Gasteiger partial charge in [0.1, 0.15) is 24.3 Å². The number of hydrogen-bond acceptors (Lipinski definition) is 6. The molecule has 0 saturated carbocycles. The fourth-order valence-electron chi connectivity index (χ4n) is 2.12. The molecule has 0 aliphatic rings. The van der Waals surface area contributed by atoms with Crippen LogP contribution in [0.2, 0.25) is 5.02 Å². The van der Waals surface area contributed by atoms with Crippen LogP contribution < -0.4 is 16.3 Å². The standard InChI is InChI=1S/C15H11ClN8O2/c1-9-12(6-17)14(25)24(11-4-2-10(16)3-5-11)21-13(9)20-15(26)22-23-7-18-19-8-23/h2-5,7-8H,1H3,(H2,20,21,22,26). The molecule has 0 aliphatic heterocycles. The second kappa shape index (κ2) is 7.04. The first-order valence-electron chi connectivity index (χ1n) is 7.22. The summed E-state index contributed by atoms with van der Waals surface area (Å²) in [5.74, 6) is 0.0571. The Kier molecular flexibility index (Phi) is 4.64. The van der Waals surface area contributed by atoms with Gasteiger partial charge < -0.3 is 0 Å². The Morgan fingerprint density at radius 3 is 2.50 bits per heavy atom. The van der Waals surface area contributed by atoms with Crippen LogP contribution >= 0.6 is 11.6 Å². The van der Waals surface area contributed by atoms with E-state index in [1.165, 1.54) is 24.3 Å². The van der Waals surface area contributed by atoms with E-state index in [4.69, 9.17) is 11.6 Å². The van der Waals surface area contributed by atoms with Crippen molar-refractivity contribution in [1.29, 1.82) is 5.26 Å². The first-order chi connectivity index (χ1) is 12.5. The van der Waals surface area contributed by atoms with Gasteiger partial charge in [0.15, 0.2) is 5.82 Å². The molecule has 3 rings (SSSR count). The van der Waals surface area contributed by atoms with Gasteiger partial charge in [0, 0.05) is 10.6 Å². The second-order valence-corrected chi connectivity index (χ2v) is 5.53. The predicted octanol–water partition coefficient (Wildman–Crippen LogP) is 1.43. The molecule has 130 valence electrons. The number of nitrogens with one attached hydrogen (secondary N) is 2. The molecule has 26 heavy (non-hydrogen) atoms. The zero-order valence-electron chi connectivity index (χ0n) is 13.3. The van der Waals surface area contributed by atoms with Crippen molar-refractivity contribution < 1.29 is 4.79 Å². The van der Waals surface area contributed by atoms with Crippen molar-refractivity contribution in [2.45, 2.75) is 6.92 Å². The van der Waals surface area contributed by atoms with E-state index in [0.29, 0.717) is 10.7 Å². The molecule has 0 saturated heterocycles. The van der Waals surface area contributed by atoms with Gasteiger partial charge >= 0.3 is 6.03 Å². The van der Waals surface area contributed by atoms with Crippen LogP contribution in [0.1, 0.15) is 11.1 Å². The number of benzene rings is 1. The molecule has 0 radical (unpaired) electrons. The highest BCUT2D eigenvalue weighted by molar-refractivity contribution is 6.30. The van der Waals surface area contributed by atoms with E-state index >= 15 is 0 Å². The molecule has 0 aliphatic carbocycles. The summed E-state index contributed by atoms with van der Waals surface area (Å²) >= 11 is 5.85. The van der Waals surface area contributed by atoms with E-state index in [1.807, 2.05) is 6.07 Å². The summed E-state index contributed by atoms with van der Waals surface area (Å²) in [6.07, 6.45) is 2.57. The molecule has 2 aromatic heterocycles. The summed E-state index contributed by atoms with van der Waals surface area (Å²) in [4.78, 5) is 24.6. The Morgan fingerprint density at radius 2 is 1.88 bits per heavy atom.